The number of aromatic nitrogens is 2. The molecule has 4 atom stereocenters. The van der Waals surface area contributed by atoms with Gasteiger partial charge in [0.1, 0.15) is 5.82 Å². The second-order valence-corrected chi connectivity index (χ2v) is 9.80. The van der Waals surface area contributed by atoms with Crippen LogP contribution in [0, 0.1) is 17.8 Å². The number of hydrogen-bond donors (Lipinski definition) is 1. The van der Waals surface area contributed by atoms with Crippen LogP contribution in [-0.2, 0) is 4.79 Å². The molecule has 0 unspecified atom stereocenters. The number of aromatic carboxylic acids is 1. The fraction of sp³-hybridized carbons (Fsp3) is 0.739. The summed E-state index contributed by atoms with van der Waals surface area (Å²) in [4.78, 5) is 37.4. The zero-order valence-electron chi connectivity index (χ0n) is 17.6. The number of nitrogens with zero attached hydrogens (tertiary/aromatic N) is 4. The van der Waals surface area contributed by atoms with Gasteiger partial charge in [-0.15, -0.1) is 0 Å². The third-order valence-corrected chi connectivity index (χ3v) is 7.96. The fourth-order valence-corrected chi connectivity index (χ4v) is 6.64. The van der Waals surface area contributed by atoms with E-state index < -0.39 is 5.97 Å². The highest BCUT2D eigenvalue weighted by Gasteiger charge is 2.49. The molecule has 5 rings (SSSR count). The average Bonchev–Trinajstić information content (AvgIpc) is 2.77. The molecule has 0 spiro atoms. The first-order chi connectivity index (χ1) is 14.6. The van der Waals surface area contributed by atoms with Crippen LogP contribution in [0.1, 0.15) is 74.7 Å². The first-order valence-electron chi connectivity index (χ1n) is 11.7. The van der Waals surface area contributed by atoms with Crippen LogP contribution in [0.2, 0.25) is 0 Å². The number of fused-ring (bicyclic) bond motifs is 4. The van der Waals surface area contributed by atoms with Crippen LogP contribution in [0.3, 0.4) is 0 Å². The van der Waals surface area contributed by atoms with E-state index in [1.807, 2.05) is 0 Å². The largest absolute Gasteiger partial charge is 0.476 e. The van der Waals surface area contributed by atoms with Gasteiger partial charge >= 0.3 is 5.97 Å². The molecule has 4 fully saturated rings. The van der Waals surface area contributed by atoms with Crippen molar-refractivity contribution in [3.63, 3.8) is 0 Å². The van der Waals surface area contributed by atoms with Crippen LogP contribution in [0.5, 0.6) is 0 Å². The van der Waals surface area contributed by atoms with Crippen LogP contribution >= 0.6 is 0 Å². The summed E-state index contributed by atoms with van der Waals surface area (Å²) in [6, 6.07) is 0.648. The number of carboxylic acids is 1. The molecule has 1 aliphatic carbocycles. The monoisotopic (exact) mass is 412 g/mol. The summed E-state index contributed by atoms with van der Waals surface area (Å²) in [5, 5.41) is 9.31. The quantitative estimate of drug-likeness (QED) is 0.816. The maximum atomic E-state index is 13.0. The standard InChI is InChI=1S/C23H32N4O3/c28-22-8-4-7-19-16-10-17(20(27(19)22)9-15-5-2-1-3-6-15)14-26(13-16)21-12-24-11-18(25-21)23(29)30/h11-12,15-17,19-20H,1-10,13-14H2,(H,29,30)/t16-,17+,19+,20+/m1/s1. The van der Waals surface area contributed by atoms with E-state index >= 15 is 0 Å². The van der Waals surface area contributed by atoms with Gasteiger partial charge < -0.3 is 14.9 Å². The SMILES string of the molecule is O=C(O)c1cncc(N2C[C@H]3C[C@@H](C2)[C@H](CC2CCCCC2)N2C(=O)CCC[C@@H]32)n1. The van der Waals surface area contributed by atoms with E-state index in [0.29, 0.717) is 42.1 Å². The topological polar surface area (TPSA) is 86.6 Å². The Labute approximate surface area is 177 Å². The number of carbonyl (C=O) groups excluding carboxylic acids is 1. The molecule has 1 amide bonds. The summed E-state index contributed by atoms with van der Waals surface area (Å²) in [5.41, 5.74) is -0.00328. The summed E-state index contributed by atoms with van der Waals surface area (Å²) in [6.07, 6.45) is 14.7. The van der Waals surface area contributed by atoms with Gasteiger partial charge in [0.25, 0.3) is 0 Å². The minimum Gasteiger partial charge on any atom is -0.476 e. The van der Waals surface area contributed by atoms with Gasteiger partial charge in [-0.1, -0.05) is 32.1 Å². The lowest BCUT2D eigenvalue weighted by Gasteiger charge is -2.57. The first-order valence-corrected chi connectivity index (χ1v) is 11.7. The highest BCUT2D eigenvalue weighted by atomic mass is 16.4. The van der Waals surface area contributed by atoms with E-state index in [9.17, 15) is 14.7 Å². The lowest BCUT2D eigenvalue weighted by molar-refractivity contribution is -0.149. The lowest BCUT2D eigenvalue weighted by atomic mass is 9.69. The molecule has 7 nitrogen and oxygen atoms in total. The minimum absolute atomic E-state index is 0.00328. The third kappa shape index (κ3) is 3.67. The molecule has 0 aromatic carbocycles. The van der Waals surface area contributed by atoms with Crippen molar-refractivity contribution >= 4 is 17.7 Å². The van der Waals surface area contributed by atoms with Crippen molar-refractivity contribution in [3.05, 3.63) is 18.1 Å². The molecule has 4 aliphatic rings. The Bertz CT molecular complexity index is 809. The van der Waals surface area contributed by atoms with Gasteiger partial charge in [-0.3, -0.25) is 9.78 Å². The molecule has 1 aromatic rings. The van der Waals surface area contributed by atoms with E-state index in [1.54, 1.807) is 6.20 Å². The molecular weight excluding hydrogens is 380 g/mol. The molecule has 3 aliphatic heterocycles. The fourth-order valence-electron chi connectivity index (χ4n) is 6.64. The van der Waals surface area contributed by atoms with Crippen molar-refractivity contribution in [1.29, 1.82) is 0 Å². The van der Waals surface area contributed by atoms with Crippen LogP contribution in [0.25, 0.3) is 0 Å². The Morgan fingerprint density at radius 2 is 1.87 bits per heavy atom. The molecule has 2 bridgehead atoms. The summed E-state index contributed by atoms with van der Waals surface area (Å²) < 4.78 is 0. The Balaban J connectivity index is 1.42. The first kappa shape index (κ1) is 19.8. The van der Waals surface area contributed by atoms with Crippen molar-refractivity contribution < 1.29 is 14.7 Å². The van der Waals surface area contributed by atoms with Gasteiger partial charge in [0, 0.05) is 31.6 Å². The average molecular weight is 413 g/mol. The Morgan fingerprint density at radius 1 is 1.07 bits per heavy atom. The molecule has 0 radical (unpaired) electrons. The van der Waals surface area contributed by atoms with Gasteiger partial charge in [0.05, 0.1) is 12.4 Å². The van der Waals surface area contributed by atoms with Crippen LogP contribution in [0.4, 0.5) is 5.82 Å². The maximum absolute atomic E-state index is 13.0. The zero-order valence-corrected chi connectivity index (χ0v) is 17.6. The van der Waals surface area contributed by atoms with E-state index in [-0.39, 0.29) is 5.69 Å². The van der Waals surface area contributed by atoms with E-state index in [2.05, 4.69) is 19.8 Å². The molecule has 162 valence electrons. The smallest absolute Gasteiger partial charge is 0.356 e. The van der Waals surface area contributed by atoms with Crippen LogP contribution in [0.15, 0.2) is 12.4 Å². The summed E-state index contributed by atoms with van der Waals surface area (Å²) in [6.45, 7) is 1.67. The van der Waals surface area contributed by atoms with Crippen molar-refractivity contribution in [2.75, 3.05) is 18.0 Å². The number of piperidine rings is 3. The van der Waals surface area contributed by atoms with E-state index in [0.717, 1.165) is 38.3 Å². The van der Waals surface area contributed by atoms with E-state index in [4.69, 9.17) is 0 Å². The van der Waals surface area contributed by atoms with Crippen LogP contribution in [-0.4, -0.2) is 57.0 Å². The number of amides is 1. The predicted molar refractivity (Wildman–Crippen MR) is 112 cm³/mol. The second kappa shape index (κ2) is 8.16. The molecule has 1 aromatic heterocycles. The van der Waals surface area contributed by atoms with Crippen molar-refractivity contribution in [3.8, 4) is 0 Å². The highest BCUT2D eigenvalue weighted by Crippen LogP contribution is 2.45. The summed E-state index contributed by atoms with van der Waals surface area (Å²) >= 11 is 0. The highest BCUT2D eigenvalue weighted by molar-refractivity contribution is 5.85. The van der Waals surface area contributed by atoms with Crippen molar-refractivity contribution in [2.45, 2.75) is 76.3 Å². The molecule has 7 heteroatoms. The molecule has 1 N–H and O–H groups in total. The number of carboxylic acid groups (broad SMARTS) is 1. The van der Waals surface area contributed by atoms with Crippen LogP contribution < -0.4 is 4.90 Å². The number of anilines is 1. The predicted octanol–water partition coefficient (Wildman–Crippen LogP) is 3.35. The molecular formula is C23H32N4O3. The minimum atomic E-state index is -1.04. The van der Waals surface area contributed by atoms with Gasteiger partial charge in [-0.2, -0.15) is 0 Å². The van der Waals surface area contributed by atoms with Gasteiger partial charge in [0.15, 0.2) is 5.69 Å². The summed E-state index contributed by atoms with van der Waals surface area (Å²) in [7, 11) is 0. The Hall–Kier alpha value is -2.18. The molecule has 1 saturated carbocycles. The third-order valence-electron chi connectivity index (χ3n) is 7.96. The molecule has 30 heavy (non-hydrogen) atoms. The van der Waals surface area contributed by atoms with Crippen molar-refractivity contribution in [1.82, 2.24) is 14.9 Å². The maximum Gasteiger partial charge on any atom is 0.356 e. The summed E-state index contributed by atoms with van der Waals surface area (Å²) in [5.74, 6) is 1.59. The van der Waals surface area contributed by atoms with Gasteiger partial charge in [0.2, 0.25) is 5.91 Å². The van der Waals surface area contributed by atoms with Crippen molar-refractivity contribution in [2.24, 2.45) is 17.8 Å². The Morgan fingerprint density at radius 3 is 2.67 bits per heavy atom. The zero-order chi connectivity index (χ0) is 20.7. The molecule has 3 saturated heterocycles. The number of hydrogen-bond acceptors (Lipinski definition) is 5. The normalized spacial score (nSPS) is 32.1. The number of carbonyl (C=O) groups is 2. The lowest BCUT2D eigenvalue weighted by Crippen LogP contribution is -2.65. The Kier molecular flexibility index (Phi) is 5.37. The van der Waals surface area contributed by atoms with Gasteiger partial charge in [-0.25, -0.2) is 9.78 Å². The number of rotatable bonds is 4. The van der Waals surface area contributed by atoms with Gasteiger partial charge in [-0.05, 0) is 43.4 Å². The second-order valence-electron chi connectivity index (χ2n) is 9.80. The van der Waals surface area contributed by atoms with E-state index in [1.165, 1.54) is 44.7 Å². The molecule has 4 heterocycles.